The lowest BCUT2D eigenvalue weighted by Crippen LogP contribution is -2.49. The van der Waals surface area contributed by atoms with E-state index in [0.717, 1.165) is 43.1 Å². The number of rotatable bonds is 11. The van der Waals surface area contributed by atoms with Crippen LogP contribution in [0.5, 0.6) is 0 Å². The molecular weight excluding hydrogens is 1210 g/mol. The Balaban J connectivity index is 0.000000143. The van der Waals surface area contributed by atoms with E-state index < -0.39 is 0 Å². The summed E-state index contributed by atoms with van der Waals surface area (Å²) in [6.07, 6.45) is 0. The number of nitrogens with zero attached hydrogens (tertiary/aromatic N) is 13. The highest BCUT2D eigenvalue weighted by atomic mass is 32.1. The lowest BCUT2D eigenvalue weighted by Gasteiger charge is -2.37. The zero-order valence-electron chi connectivity index (χ0n) is 51.7. The number of carbonyl (C=O) groups is 3. The molecule has 0 atom stereocenters. The third kappa shape index (κ3) is 13.4. The molecule has 0 aliphatic carbocycles. The van der Waals surface area contributed by atoms with E-state index >= 15 is 0 Å². The number of likely N-dealkylation sites (N-methyl/N-ethyl adjacent to an activating group) is 1. The number of amides is 3. The molecule has 0 spiro atoms. The molecule has 8 heterocycles. The molecule has 93 heavy (non-hydrogen) atoms. The molecule has 0 bridgehead atoms. The highest BCUT2D eigenvalue weighted by molar-refractivity contribution is 7.12. The Morgan fingerprint density at radius 2 is 0.914 bits per heavy atom. The second-order valence-corrected chi connectivity index (χ2v) is 24.6. The van der Waals surface area contributed by atoms with Gasteiger partial charge in [-0.1, -0.05) is 78.9 Å². The second kappa shape index (κ2) is 28.6. The molecule has 3 aliphatic rings. The van der Waals surface area contributed by atoms with E-state index in [1.807, 2.05) is 171 Å². The van der Waals surface area contributed by atoms with Crippen molar-refractivity contribution in [2.75, 3.05) is 114 Å². The Labute approximate surface area is 544 Å². The van der Waals surface area contributed by atoms with Crippen molar-refractivity contribution in [1.29, 1.82) is 15.8 Å². The van der Waals surface area contributed by atoms with Crippen LogP contribution in [0.25, 0.3) is 32.7 Å². The standard InChI is InChI=1S/C25H26FN5O2.C24H20N4O2S2.C22H20N4O2/c1-28(2)11-16-31-22-6-4-3-5-20(22)23(21(17-27)25(31)33)29-12-14-30(15-13-29)24(32)18-7-9-19(26)10-8-18;25-14-19-22(26-8-10-27(11-9-26)24(30)21-6-3-12-32-21)18-4-1-2-5-20(18)28(23(19)29)15-17-7-13-31-16-17;1-24-19-10-6-5-9-17(19)20(18(15-23)22(24)28)25-11-13-26(14-12-25)21(27)16-7-3-2-4-8-16/h3-10H,11-16H2,1-2H3;1-7,12-13,16H,8-11,15H2;2-10H,11-14H2,1H3. The van der Waals surface area contributed by atoms with Gasteiger partial charge in [-0.2, -0.15) is 27.1 Å². The summed E-state index contributed by atoms with van der Waals surface area (Å²) in [5, 5.41) is 38.0. The van der Waals surface area contributed by atoms with Crippen LogP contribution in [-0.4, -0.2) is 150 Å². The van der Waals surface area contributed by atoms with Gasteiger partial charge in [-0.3, -0.25) is 28.8 Å². The fourth-order valence-electron chi connectivity index (χ4n) is 12.3. The Morgan fingerprint density at radius 3 is 1.38 bits per heavy atom. The number of nitriles is 3. The number of piperazine rings is 3. The number of fused-ring (bicyclic) bond motifs is 3. The number of anilines is 3. The molecule has 19 nitrogen and oxygen atoms in total. The van der Waals surface area contributed by atoms with E-state index in [4.69, 9.17) is 0 Å². The van der Waals surface area contributed by atoms with Crippen molar-refractivity contribution < 1.29 is 18.8 Å². The fourth-order valence-corrected chi connectivity index (χ4v) is 13.6. The molecule has 5 aromatic carbocycles. The van der Waals surface area contributed by atoms with Crippen LogP contribution >= 0.6 is 22.7 Å². The summed E-state index contributed by atoms with van der Waals surface area (Å²) in [5.41, 5.74) is 6.14. The van der Waals surface area contributed by atoms with Crippen LogP contribution in [0.4, 0.5) is 21.5 Å². The van der Waals surface area contributed by atoms with Crippen LogP contribution in [0, 0.1) is 39.8 Å². The summed E-state index contributed by atoms with van der Waals surface area (Å²) in [7, 11) is 5.57. The van der Waals surface area contributed by atoms with Crippen molar-refractivity contribution in [3.8, 4) is 18.2 Å². The van der Waals surface area contributed by atoms with E-state index in [1.165, 1.54) is 40.2 Å². The number of aryl methyl sites for hydroxylation is 1. The van der Waals surface area contributed by atoms with E-state index in [0.29, 0.717) is 126 Å². The Kier molecular flexibility index (Phi) is 19.7. The van der Waals surface area contributed by atoms with Crippen molar-refractivity contribution in [1.82, 2.24) is 33.3 Å². The van der Waals surface area contributed by atoms with Gasteiger partial charge in [0.15, 0.2) is 0 Å². The van der Waals surface area contributed by atoms with E-state index in [9.17, 15) is 48.9 Å². The smallest absolute Gasteiger partial charge is 0.271 e. The number of thiophene rings is 2. The molecule has 0 radical (unpaired) electrons. The number of carbonyl (C=O) groups excluding carboxylic acids is 3. The number of benzene rings is 5. The molecule has 13 rings (SSSR count). The predicted molar refractivity (Wildman–Crippen MR) is 363 cm³/mol. The molecule has 0 unspecified atom stereocenters. The van der Waals surface area contributed by atoms with Crippen LogP contribution < -0.4 is 31.4 Å². The second-order valence-electron chi connectivity index (χ2n) is 22.9. The number of halogens is 1. The van der Waals surface area contributed by atoms with Gasteiger partial charge in [0.2, 0.25) is 0 Å². The average molecular weight is 1280 g/mol. The lowest BCUT2D eigenvalue weighted by molar-refractivity contribution is 0.0739. The van der Waals surface area contributed by atoms with Gasteiger partial charge in [-0.15, -0.1) is 11.3 Å². The van der Waals surface area contributed by atoms with Crippen LogP contribution in [0.15, 0.2) is 176 Å². The van der Waals surface area contributed by atoms with Gasteiger partial charge in [0.1, 0.15) is 40.7 Å². The predicted octanol–water partition coefficient (Wildman–Crippen LogP) is 8.92. The molecule has 3 saturated heterocycles. The summed E-state index contributed by atoms with van der Waals surface area (Å²) in [6, 6.07) is 49.9. The monoisotopic (exact) mass is 1280 g/mol. The summed E-state index contributed by atoms with van der Waals surface area (Å²) in [4.78, 5) is 91.8. The van der Waals surface area contributed by atoms with E-state index in [1.54, 1.807) is 32.4 Å². The van der Waals surface area contributed by atoms with Gasteiger partial charge in [-0.25, -0.2) is 4.39 Å². The zero-order valence-corrected chi connectivity index (χ0v) is 53.3. The third-order valence-electron chi connectivity index (χ3n) is 17.1. The molecule has 470 valence electrons. The summed E-state index contributed by atoms with van der Waals surface area (Å²) in [6.45, 7) is 7.95. The third-order valence-corrected chi connectivity index (χ3v) is 18.7. The van der Waals surface area contributed by atoms with Crippen molar-refractivity contribution in [3.05, 3.63) is 237 Å². The molecular formula is C71H66FN13O6S2. The minimum absolute atomic E-state index is 0.00888. The molecule has 3 amide bonds. The normalized spacial score (nSPS) is 14.0. The van der Waals surface area contributed by atoms with Gasteiger partial charge >= 0.3 is 0 Å². The van der Waals surface area contributed by atoms with Gasteiger partial charge in [-0.05, 0) is 103 Å². The van der Waals surface area contributed by atoms with Crippen LogP contribution in [-0.2, 0) is 20.1 Å². The van der Waals surface area contributed by atoms with Gasteiger partial charge in [0, 0.05) is 126 Å². The molecule has 10 aromatic rings. The molecule has 3 aliphatic heterocycles. The first-order valence-electron chi connectivity index (χ1n) is 30.4. The van der Waals surface area contributed by atoms with Crippen molar-refractivity contribution in [2.45, 2.75) is 13.1 Å². The first kappa shape index (κ1) is 63.9. The minimum atomic E-state index is -0.382. The summed E-state index contributed by atoms with van der Waals surface area (Å²) < 4.78 is 18.1. The topological polar surface area (TPSA) is 211 Å². The zero-order chi connectivity index (χ0) is 65.3. The molecule has 22 heteroatoms. The van der Waals surface area contributed by atoms with Crippen LogP contribution in [0.3, 0.4) is 0 Å². The molecule has 0 N–H and O–H groups in total. The van der Waals surface area contributed by atoms with Gasteiger partial charge < -0.3 is 48.0 Å². The van der Waals surface area contributed by atoms with Gasteiger partial charge in [0.25, 0.3) is 34.4 Å². The maximum atomic E-state index is 13.4. The summed E-state index contributed by atoms with van der Waals surface area (Å²) >= 11 is 3.03. The number of para-hydroxylation sites is 3. The Morgan fingerprint density at radius 1 is 0.484 bits per heavy atom. The number of hydrogen-bond donors (Lipinski definition) is 0. The first-order chi connectivity index (χ1) is 45.2. The SMILES string of the molecule is CN(C)CCn1c(=O)c(C#N)c(N2CCN(C(=O)c3ccc(F)cc3)CC2)c2ccccc21.Cn1c(=O)c(C#N)c(N2CCN(C(=O)c3ccccc3)CC2)c2ccccc21.N#Cc1c(N2CCN(C(=O)c3cccs3)CC2)c2ccccc2n(Cc2ccsc2)c1=O. The highest BCUT2D eigenvalue weighted by Crippen LogP contribution is 2.33. The molecule has 5 aromatic heterocycles. The van der Waals surface area contributed by atoms with Crippen LogP contribution in [0.1, 0.15) is 52.6 Å². The molecule has 0 saturated carbocycles. The maximum Gasteiger partial charge on any atom is 0.271 e. The lowest BCUT2D eigenvalue weighted by atomic mass is 10.1. The summed E-state index contributed by atoms with van der Waals surface area (Å²) in [5.74, 6) is -0.488. The number of hydrogen-bond acceptors (Lipinski definition) is 15. The quantitative estimate of drug-likeness (QED) is 0.119. The average Bonchev–Trinajstić information content (AvgIpc) is 1.09. The van der Waals surface area contributed by atoms with Crippen LogP contribution in [0.2, 0.25) is 0 Å². The van der Waals surface area contributed by atoms with E-state index in [2.05, 4.69) is 28.0 Å². The van der Waals surface area contributed by atoms with Gasteiger partial charge in [0.05, 0.1) is 45.0 Å². The minimum Gasteiger partial charge on any atom is -0.366 e. The first-order valence-corrected chi connectivity index (χ1v) is 32.3. The highest BCUT2D eigenvalue weighted by Gasteiger charge is 2.31. The molecule has 3 fully saturated rings. The van der Waals surface area contributed by atoms with Crippen molar-refractivity contribution in [2.24, 2.45) is 7.05 Å². The number of aromatic nitrogens is 3. The largest absolute Gasteiger partial charge is 0.366 e. The van der Waals surface area contributed by atoms with Crippen molar-refractivity contribution >= 4 is 90.2 Å². The fraction of sp³-hybridized carbons (Fsp3) is 0.254. The van der Waals surface area contributed by atoms with Crippen molar-refractivity contribution in [3.63, 3.8) is 0 Å². The maximum absolute atomic E-state index is 13.4. The Bertz CT molecular complexity index is 4720. The number of pyridine rings is 3. The Hall–Kier alpha value is -10.7. The van der Waals surface area contributed by atoms with E-state index in [-0.39, 0.29) is 56.9 Å².